The number of carbonyl (C=O) groups excluding carboxylic acids is 1. The van der Waals surface area contributed by atoms with Crippen molar-refractivity contribution < 1.29 is 19.5 Å². The Labute approximate surface area is 116 Å². The van der Waals surface area contributed by atoms with E-state index in [-0.39, 0.29) is 6.61 Å². The molecule has 2 heterocycles. The molecule has 0 spiro atoms. The molecule has 1 fully saturated rings. The molecule has 1 N–H and O–H groups in total. The van der Waals surface area contributed by atoms with E-state index in [0.717, 1.165) is 17.9 Å². The standard InChI is InChI=1S/C13H15N3O4/c17-8-12-7-16(13(18)20-12)11-3-1-10(2-4-11)15-5-6-19-14-9-15/h1-4,9,12,17H,5-8H2/t12-/m1/s1. The summed E-state index contributed by atoms with van der Waals surface area (Å²) >= 11 is 0. The highest BCUT2D eigenvalue weighted by atomic mass is 16.6. The maximum atomic E-state index is 11.7. The fourth-order valence-corrected chi connectivity index (χ4v) is 2.19. The normalized spacial score (nSPS) is 21.9. The second kappa shape index (κ2) is 5.38. The van der Waals surface area contributed by atoms with E-state index in [9.17, 15) is 4.79 Å². The van der Waals surface area contributed by atoms with Crippen LogP contribution in [0.2, 0.25) is 0 Å². The molecule has 0 aliphatic carbocycles. The monoisotopic (exact) mass is 277 g/mol. The van der Waals surface area contributed by atoms with Gasteiger partial charge in [-0.1, -0.05) is 5.16 Å². The highest BCUT2D eigenvalue weighted by molar-refractivity contribution is 5.90. The van der Waals surface area contributed by atoms with Gasteiger partial charge in [0, 0.05) is 11.4 Å². The van der Waals surface area contributed by atoms with Crippen molar-refractivity contribution in [2.75, 3.05) is 36.1 Å². The van der Waals surface area contributed by atoms with E-state index in [0.29, 0.717) is 13.2 Å². The summed E-state index contributed by atoms with van der Waals surface area (Å²) in [7, 11) is 0. The molecule has 20 heavy (non-hydrogen) atoms. The molecule has 2 aliphatic rings. The van der Waals surface area contributed by atoms with Gasteiger partial charge >= 0.3 is 6.09 Å². The number of benzene rings is 1. The predicted octanol–water partition coefficient (Wildman–Crippen LogP) is 0.784. The second-order valence-electron chi connectivity index (χ2n) is 4.56. The Morgan fingerprint density at radius 1 is 1.30 bits per heavy atom. The number of aliphatic hydroxyl groups is 1. The first-order valence-electron chi connectivity index (χ1n) is 6.39. The van der Waals surface area contributed by atoms with Crippen LogP contribution in [0.15, 0.2) is 29.4 Å². The van der Waals surface area contributed by atoms with Crippen LogP contribution in [0.25, 0.3) is 0 Å². The van der Waals surface area contributed by atoms with Crippen LogP contribution in [-0.2, 0) is 9.57 Å². The fraction of sp³-hybridized carbons (Fsp3) is 0.385. The van der Waals surface area contributed by atoms with E-state index in [1.54, 1.807) is 6.34 Å². The number of anilines is 2. The van der Waals surface area contributed by atoms with E-state index < -0.39 is 12.2 Å². The average Bonchev–Trinajstić information content (AvgIpc) is 2.89. The molecule has 0 bridgehead atoms. The molecule has 7 nitrogen and oxygen atoms in total. The van der Waals surface area contributed by atoms with Crippen molar-refractivity contribution in [3.63, 3.8) is 0 Å². The van der Waals surface area contributed by atoms with Crippen LogP contribution in [-0.4, -0.2) is 49.9 Å². The van der Waals surface area contributed by atoms with Crippen molar-refractivity contribution in [3.8, 4) is 0 Å². The molecule has 1 aromatic carbocycles. The lowest BCUT2D eigenvalue weighted by Gasteiger charge is -2.22. The minimum Gasteiger partial charge on any atom is -0.441 e. The summed E-state index contributed by atoms with van der Waals surface area (Å²) in [5.74, 6) is 0. The van der Waals surface area contributed by atoms with Crippen LogP contribution in [0.5, 0.6) is 0 Å². The Morgan fingerprint density at radius 3 is 2.65 bits per heavy atom. The summed E-state index contributed by atoms with van der Waals surface area (Å²) in [6, 6.07) is 7.51. The zero-order chi connectivity index (χ0) is 13.9. The van der Waals surface area contributed by atoms with Gasteiger partial charge in [0.2, 0.25) is 0 Å². The molecule has 1 saturated heterocycles. The maximum absolute atomic E-state index is 11.7. The van der Waals surface area contributed by atoms with E-state index in [4.69, 9.17) is 14.7 Å². The third kappa shape index (κ3) is 2.39. The van der Waals surface area contributed by atoms with E-state index in [1.807, 2.05) is 29.2 Å². The van der Waals surface area contributed by atoms with Gasteiger partial charge in [-0.05, 0) is 24.3 Å². The number of aliphatic hydroxyl groups excluding tert-OH is 1. The molecule has 2 aliphatic heterocycles. The third-order valence-corrected chi connectivity index (χ3v) is 3.26. The average molecular weight is 277 g/mol. The summed E-state index contributed by atoms with van der Waals surface area (Å²) in [5.41, 5.74) is 1.73. The molecule has 1 amide bonds. The van der Waals surface area contributed by atoms with Crippen LogP contribution in [0.3, 0.4) is 0 Å². The van der Waals surface area contributed by atoms with Crippen molar-refractivity contribution in [2.45, 2.75) is 6.10 Å². The van der Waals surface area contributed by atoms with Gasteiger partial charge in [-0.2, -0.15) is 0 Å². The first kappa shape index (κ1) is 12.7. The topological polar surface area (TPSA) is 74.6 Å². The van der Waals surface area contributed by atoms with E-state index >= 15 is 0 Å². The van der Waals surface area contributed by atoms with Gasteiger partial charge in [-0.3, -0.25) is 4.90 Å². The summed E-state index contributed by atoms with van der Waals surface area (Å²) < 4.78 is 5.01. The Morgan fingerprint density at radius 2 is 2.05 bits per heavy atom. The maximum Gasteiger partial charge on any atom is 0.414 e. The second-order valence-corrected chi connectivity index (χ2v) is 4.56. The van der Waals surface area contributed by atoms with Crippen LogP contribution in [0, 0.1) is 0 Å². The quantitative estimate of drug-likeness (QED) is 0.884. The number of hydrogen-bond donors (Lipinski definition) is 1. The Hall–Kier alpha value is -2.28. The molecule has 7 heteroatoms. The summed E-state index contributed by atoms with van der Waals surface area (Å²) in [4.78, 5) is 20.1. The Balaban J connectivity index is 1.74. The van der Waals surface area contributed by atoms with Crippen LogP contribution < -0.4 is 9.80 Å². The minimum atomic E-state index is -0.450. The van der Waals surface area contributed by atoms with Crippen LogP contribution in [0.1, 0.15) is 0 Å². The molecule has 0 aromatic heterocycles. The molecule has 3 rings (SSSR count). The molecular weight excluding hydrogens is 262 g/mol. The van der Waals surface area contributed by atoms with Crippen molar-refractivity contribution in [1.82, 2.24) is 0 Å². The number of cyclic esters (lactones) is 1. The van der Waals surface area contributed by atoms with Gasteiger partial charge in [0.15, 0.2) is 0 Å². The highest BCUT2D eigenvalue weighted by Crippen LogP contribution is 2.24. The zero-order valence-electron chi connectivity index (χ0n) is 10.8. The summed E-state index contributed by atoms with van der Waals surface area (Å²) in [6.45, 7) is 1.49. The van der Waals surface area contributed by atoms with Gasteiger partial charge in [0.05, 0.1) is 19.7 Å². The lowest BCUT2D eigenvalue weighted by Crippen LogP contribution is -2.29. The first-order valence-corrected chi connectivity index (χ1v) is 6.39. The Kier molecular flexibility index (Phi) is 3.42. The van der Waals surface area contributed by atoms with Gasteiger partial charge in [-0.15, -0.1) is 0 Å². The molecular formula is C13H15N3O4. The fourth-order valence-electron chi connectivity index (χ4n) is 2.19. The van der Waals surface area contributed by atoms with E-state index in [2.05, 4.69) is 5.16 Å². The minimum absolute atomic E-state index is 0.162. The molecule has 1 atom stereocenters. The van der Waals surface area contributed by atoms with Gasteiger partial charge in [0.1, 0.15) is 19.0 Å². The van der Waals surface area contributed by atoms with Crippen LogP contribution in [0.4, 0.5) is 16.2 Å². The van der Waals surface area contributed by atoms with Gasteiger partial charge in [-0.25, -0.2) is 4.79 Å². The molecule has 0 unspecified atom stereocenters. The number of ether oxygens (including phenoxy) is 1. The van der Waals surface area contributed by atoms with Gasteiger partial charge < -0.3 is 19.6 Å². The zero-order valence-corrected chi connectivity index (χ0v) is 10.8. The summed E-state index contributed by atoms with van der Waals surface area (Å²) in [5, 5.41) is 12.8. The number of rotatable bonds is 3. The van der Waals surface area contributed by atoms with Crippen molar-refractivity contribution in [3.05, 3.63) is 24.3 Å². The number of oxime groups is 1. The number of hydrogen-bond acceptors (Lipinski definition) is 6. The lowest BCUT2D eigenvalue weighted by molar-refractivity contribution is 0.0963. The summed E-state index contributed by atoms with van der Waals surface area (Å²) in [6.07, 6.45) is 0.753. The van der Waals surface area contributed by atoms with E-state index in [1.165, 1.54) is 4.90 Å². The van der Waals surface area contributed by atoms with Crippen LogP contribution >= 0.6 is 0 Å². The largest absolute Gasteiger partial charge is 0.441 e. The molecule has 0 saturated carbocycles. The highest BCUT2D eigenvalue weighted by Gasteiger charge is 2.31. The SMILES string of the molecule is O=C1O[C@@H](CO)CN1c1ccc(N2C=NOCC2)cc1. The van der Waals surface area contributed by atoms with Gasteiger partial charge in [0.25, 0.3) is 0 Å². The van der Waals surface area contributed by atoms with Crippen molar-refractivity contribution in [2.24, 2.45) is 5.16 Å². The number of carbonyl (C=O) groups is 1. The van der Waals surface area contributed by atoms with Crippen molar-refractivity contribution >= 4 is 23.8 Å². The number of amides is 1. The molecule has 0 radical (unpaired) electrons. The lowest BCUT2D eigenvalue weighted by atomic mass is 10.2. The predicted molar refractivity (Wildman–Crippen MR) is 72.9 cm³/mol. The molecule has 1 aromatic rings. The van der Waals surface area contributed by atoms with Crippen molar-refractivity contribution in [1.29, 1.82) is 0 Å². The number of nitrogens with zero attached hydrogens (tertiary/aromatic N) is 3. The third-order valence-electron chi connectivity index (χ3n) is 3.26. The smallest absolute Gasteiger partial charge is 0.414 e. The molecule has 106 valence electrons. The first-order chi connectivity index (χ1) is 9.78. The Bertz CT molecular complexity index is 517.